The highest BCUT2D eigenvalue weighted by atomic mass is 127. The van der Waals surface area contributed by atoms with Gasteiger partial charge in [0.2, 0.25) is 0 Å². The normalized spacial score (nSPS) is 12.4. The summed E-state index contributed by atoms with van der Waals surface area (Å²) < 4.78 is 2.33. The van der Waals surface area contributed by atoms with Gasteiger partial charge in [-0.3, -0.25) is 0 Å². The Balaban J connectivity index is 2.11. The maximum Gasteiger partial charge on any atom is 0.0336 e. The first kappa shape index (κ1) is 13.1. The fourth-order valence-electron chi connectivity index (χ4n) is 1.73. The quantitative estimate of drug-likeness (QED) is 0.762. The Morgan fingerprint density at radius 1 is 1.12 bits per heavy atom. The molecular formula is C14H13BrIN. The molecule has 0 aliphatic rings. The van der Waals surface area contributed by atoms with Gasteiger partial charge in [-0.25, -0.2) is 0 Å². The molecule has 17 heavy (non-hydrogen) atoms. The standard InChI is InChI=1S/C14H13BrIN/c15-12-3-1-2-11(9-12)14(17)8-10-4-6-13(16)7-5-10/h1-7,9,14H,8,17H2. The highest BCUT2D eigenvalue weighted by Gasteiger charge is 2.07. The monoisotopic (exact) mass is 401 g/mol. The largest absolute Gasteiger partial charge is 0.324 e. The van der Waals surface area contributed by atoms with Gasteiger partial charge in [-0.1, -0.05) is 40.2 Å². The molecular weight excluding hydrogens is 389 g/mol. The highest BCUT2D eigenvalue weighted by molar-refractivity contribution is 14.1. The smallest absolute Gasteiger partial charge is 0.0336 e. The molecule has 88 valence electrons. The zero-order chi connectivity index (χ0) is 12.3. The van der Waals surface area contributed by atoms with Crippen LogP contribution in [0, 0.1) is 3.57 Å². The molecule has 1 atom stereocenters. The SMILES string of the molecule is NC(Cc1ccc(I)cc1)c1cccc(Br)c1. The van der Waals surface area contributed by atoms with Crippen LogP contribution < -0.4 is 5.73 Å². The van der Waals surface area contributed by atoms with Gasteiger partial charge in [-0.05, 0) is 64.4 Å². The summed E-state index contributed by atoms with van der Waals surface area (Å²) in [5, 5.41) is 0. The van der Waals surface area contributed by atoms with E-state index in [0.717, 1.165) is 16.5 Å². The van der Waals surface area contributed by atoms with E-state index in [0.29, 0.717) is 0 Å². The van der Waals surface area contributed by atoms with E-state index >= 15 is 0 Å². The van der Waals surface area contributed by atoms with E-state index in [1.54, 1.807) is 0 Å². The predicted octanol–water partition coefficient (Wildman–Crippen LogP) is 4.30. The number of halogens is 2. The molecule has 3 heteroatoms. The molecule has 2 N–H and O–H groups in total. The molecule has 0 heterocycles. The minimum atomic E-state index is 0.0487. The van der Waals surface area contributed by atoms with Crippen LogP contribution in [-0.2, 0) is 6.42 Å². The molecule has 1 nitrogen and oxygen atoms in total. The Labute approximate surface area is 124 Å². The highest BCUT2D eigenvalue weighted by Crippen LogP contribution is 2.20. The van der Waals surface area contributed by atoms with Crippen LogP contribution in [0.4, 0.5) is 0 Å². The Morgan fingerprint density at radius 3 is 2.47 bits per heavy atom. The van der Waals surface area contributed by atoms with Crippen molar-refractivity contribution in [2.24, 2.45) is 5.73 Å². The van der Waals surface area contributed by atoms with Crippen molar-refractivity contribution in [1.29, 1.82) is 0 Å². The first-order valence-corrected chi connectivity index (χ1v) is 7.28. The van der Waals surface area contributed by atoms with Crippen molar-refractivity contribution in [3.8, 4) is 0 Å². The number of nitrogens with two attached hydrogens (primary N) is 1. The number of hydrogen-bond acceptors (Lipinski definition) is 1. The van der Waals surface area contributed by atoms with Crippen LogP contribution in [0.15, 0.2) is 53.0 Å². The molecule has 0 fully saturated rings. The van der Waals surface area contributed by atoms with Crippen LogP contribution in [0.25, 0.3) is 0 Å². The maximum absolute atomic E-state index is 6.21. The van der Waals surface area contributed by atoms with Crippen molar-refractivity contribution in [2.75, 3.05) is 0 Å². The Morgan fingerprint density at radius 2 is 1.82 bits per heavy atom. The van der Waals surface area contributed by atoms with E-state index in [4.69, 9.17) is 5.73 Å². The zero-order valence-electron chi connectivity index (χ0n) is 9.24. The average molecular weight is 402 g/mol. The van der Waals surface area contributed by atoms with Crippen LogP contribution in [-0.4, -0.2) is 0 Å². The fourth-order valence-corrected chi connectivity index (χ4v) is 2.51. The summed E-state index contributed by atoms with van der Waals surface area (Å²) in [5.41, 5.74) is 8.65. The third-order valence-corrected chi connectivity index (χ3v) is 3.86. The summed E-state index contributed by atoms with van der Waals surface area (Å²) in [6, 6.07) is 16.7. The van der Waals surface area contributed by atoms with E-state index in [1.807, 2.05) is 12.1 Å². The molecule has 0 spiro atoms. The Kier molecular flexibility index (Phi) is 4.59. The molecule has 2 rings (SSSR count). The summed E-state index contributed by atoms with van der Waals surface area (Å²) in [6.45, 7) is 0. The van der Waals surface area contributed by atoms with Crippen LogP contribution in [0.5, 0.6) is 0 Å². The average Bonchev–Trinajstić information content (AvgIpc) is 2.32. The molecule has 0 aliphatic carbocycles. The van der Waals surface area contributed by atoms with Gasteiger partial charge >= 0.3 is 0 Å². The molecule has 0 aliphatic heterocycles. The van der Waals surface area contributed by atoms with Gasteiger partial charge in [0.05, 0.1) is 0 Å². The lowest BCUT2D eigenvalue weighted by atomic mass is 10.00. The molecule has 0 saturated heterocycles. The van der Waals surface area contributed by atoms with Gasteiger partial charge in [0.15, 0.2) is 0 Å². The van der Waals surface area contributed by atoms with E-state index in [-0.39, 0.29) is 6.04 Å². The van der Waals surface area contributed by atoms with E-state index in [1.165, 1.54) is 9.13 Å². The predicted molar refractivity (Wildman–Crippen MR) is 83.9 cm³/mol. The fraction of sp³-hybridized carbons (Fsp3) is 0.143. The molecule has 2 aromatic carbocycles. The minimum absolute atomic E-state index is 0.0487. The van der Waals surface area contributed by atoms with Gasteiger partial charge in [0.25, 0.3) is 0 Å². The lowest BCUT2D eigenvalue weighted by Crippen LogP contribution is -2.13. The molecule has 0 saturated carbocycles. The van der Waals surface area contributed by atoms with Crippen LogP contribution in [0.3, 0.4) is 0 Å². The van der Waals surface area contributed by atoms with Crippen molar-refractivity contribution in [3.63, 3.8) is 0 Å². The molecule has 0 aromatic heterocycles. The van der Waals surface area contributed by atoms with Gasteiger partial charge < -0.3 is 5.73 Å². The van der Waals surface area contributed by atoms with Crippen LogP contribution in [0.2, 0.25) is 0 Å². The molecule has 0 radical (unpaired) electrons. The number of hydrogen-bond donors (Lipinski definition) is 1. The third-order valence-electron chi connectivity index (χ3n) is 2.65. The second-order valence-corrected chi connectivity index (χ2v) is 6.15. The van der Waals surface area contributed by atoms with Gasteiger partial charge in [0.1, 0.15) is 0 Å². The third kappa shape index (κ3) is 3.79. The van der Waals surface area contributed by atoms with E-state index < -0.39 is 0 Å². The number of rotatable bonds is 3. The second kappa shape index (κ2) is 5.98. The van der Waals surface area contributed by atoms with Crippen LogP contribution in [0.1, 0.15) is 17.2 Å². The summed E-state index contributed by atoms with van der Waals surface area (Å²) in [6.07, 6.45) is 0.868. The topological polar surface area (TPSA) is 26.0 Å². The van der Waals surface area contributed by atoms with Crippen molar-refractivity contribution >= 4 is 38.5 Å². The van der Waals surface area contributed by atoms with E-state index in [9.17, 15) is 0 Å². The van der Waals surface area contributed by atoms with Gasteiger partial charge in [-0.2, -0.15) is 0 Å². The molecule has 2 aromatic rings. The Hall–Kier alpha value is -0.390. The first-order chi connectivity index (χ1) is 8.15. The molecule has 0 amide bonds. The van der Waals surface area contributed by atoms with E-state index in [2.05, 4.69) is 74.9 Å². The zero-order valence-corrected chi connectivity index (χ0v) is 13.0. The van der Waals surface area contributed by atoms with Crippen molar-refractivity contribution in [3.05, 3.63) is 67.7 Å². The lowest BCUT2D eigenvalue weighted by Gasteiger charge is -2.12. The van der Waals surface area contributed by atoms with Crippen molar-refractivity contribution in [1.82, 2.24) is 0 Å². The number of benzene rings is 2. The summed E-state index contributed by atoms with van der Waals surface area (Å²) in [7, 11) is 0. The van der Waals surface area contributed by atoms with Gasteiger partial charge in [-0.15, -0.1) is 0 Å². The second-order valence-electron chi connectivity index (χ2n) is 3.99. The van der Waals surface area contributed by atoms with Gasteiger partial charge in [0, 0.05) is 14.1 Å². The molecule has 1 unspecified atom stereocenters. The summed E-state index contributed by atoms with van der Waals surface area (Å²) >= 11 is 5.78. The molecule has 0 bridgehead atoms. The van der Waals surface area contributed by atoms with Crippen LogP contribution >= 0.6 is 38.5 Å². The Bertz CT molecular complexity index is 496. The maximum atomic E-state index is 6.21. The van der Waals surface area contributed by atoms with Crippen molar-refractivity contribution < 1.29 is 0 Å². The van der Waals surface area contributed by atoms with Crippen molar-refractivity contribution in [2.45, 2.75) is 12.5 Å². The minimum Gasteiger partial charge on any atom is -0.324 e. The first-order valence-electron chi connectivity index (χ1n) is 5.40. The summed E-state index contributed by atoms with van der Waals surface area (Å²) in [4.78, 5) is 0. The lowest BCUT2D eigenvalue weighted by molar-refractivity contribution is 0.721. The summed E-state index contributed by atoms with van der Waals surface area (Å²) in [5.74, 6) is 0.